The monoisotopic (exact) mass is 183 g/mol. The molecule has 0 unspecified atom stereocenters. The zero-order chi connectivity index (χ0) is 9.47. The van der Waals surface area contributed by atoms with Crippen LogP contribution in [0, 0.1) is 5.92 Å². The first kappa shape index (κ1) is 9.47. The lowest BCUT2D eigenvalue weighted by Gasteiger charge is -2.50. The topological polar surface area (TPSA) is 23.5 Å². The van der Waals surface area contributed by atoms with Crippen LogP contribution in [0.4, 0.5) is 0 Å². The molecule has 1 heterocycles. The molecule has 0 spiro atoms. The van der Waals surface area contributed by atoms with Crippen molar-refractivity contribution >= 4 is 0 Å². The Kier molecular flexibility index (Phi) is 2.37. The molecule has 0 bridgehead atoms. The summed E-state index contributed by atoms with van der Waals surface area (Å²) in [5, 5.41) is 10.3. The van der Waals surface area contributed by atoms with Crippen LogP contribution in [-0.2, 0) is 0 Å². The fraction of sp³-hybridized carbons (Fsp3) is 1.00. The van der Waals surface area contributed by atoms with Gasteiger partial charge in [-0.3, -0.25) is 0 Å². The molecule has 3 atom stereocenters. The quantitative estimate of drug-likeness (QED) is 0.617. The van der Waals surface area contributed by atoms with Gasteiger partial charge in [0.05, 0.1) is 5.60 Å². The molecule has 13 heavy (non-hydrogen) atoms. The second kappa shape index (κ2) is 3.25. The maximum atomic E-state index is 10.3. The van der Waals surface area contributed by atoms with Crippen LogP contribution in [-0.4, -0.2) is 35.2 Å². The Morgan fingerprint density at radius 3 is 2.69 bits per heavy atom. The highest BCUT2D eigenvalue weighted by molar-refractivity contribution is 4.97. The molecule has 0 amide bonds. The number of aliphatic hydroxyl groups is 1. The summed E-state index contributed by atoms with van der Waals surface area (Å²) in [6.45, 7) is 3.09. The first-order valence-corrected chi connectivity index (χ1v) is 5.54. The fourth-order valence-electron chi connectivity index (χ4n) is 3.12. The van der Waals surface area contributed by atoms with E-state index in [0.29, 0.717) is 12.0 Å². The minimum atomic E-state index is -0.391. The van der Waals surface area contributed by atoms with Crippen LogP contribution in [0.5, 0.6) is 0 Å². The number of likely N-dealkylation sites (tertiary alicyclic amines) is 1. The number of hydrogen-bond donors (Lipinski definition) is 1. The highest BCUT2D eigenvalue weighted by atomic mass is 16.3. The molecule has 76 valence electrons. The third kappa shape index (κ3) is 1.62. The van der Waals surface area contributed by atoms with Crippen LogP contribution in [0.1, 0.15) is 39.0 Å². The van der Waals surface area contributed by atoms with Crippen LogP contribution < -0.4 is 0 Å². The van der Waals surface area contributed by atoms with E-state index in [1.807, 2.05) is 6.92 Å². The molecule has 0 radical (unpaired) electrons. The standard InChI is InChI=1S/C11H21NO/c1-11(13)7-8-12(2)10-6-4-3-5-9(10)11/h9-10,13H,3-8H2,1-2H3/t9-,10+,11-/m0/s1. The lowest BCUT2D eigenvalue weighted by molar-refractivity contribution is -0.0958. The van der Waals surface area contributed by atoms with Gasteiger partial charge in [0, 0.05) is 18.5 Å². The second-order valence-electron chi connectivity index (χ2n) is 5.05. The first-order valence-electron chi connectivity index (χ1n) is 5.54. The molecule has 0 aromatic carbocycles. The number of fused-ring (bicyclic) bond motifs is 1. The van der Waals surface area contributed by atoms with E-state index in [1.54, 1.807) is 0 Å². The normalized spacial score (nSPS) is 47.3. The molecule has 0 aromatic rings. The van der Waals surface area contributed by atoms with E-state index in [0.717, 1.165) is 13.0 Å². The molecule has 2 rings (SSSR count). The Labute approximate surface area is 80.9 Å². The van der Waals surface area contributed by atoms with Crippen LogP contribution in [0.15, 0.2) is 0 Å². The van der Waals surface area contributed by atoms with Crippen LogP contribution in [0.25, 0.3) is 0 Å². The molecule has 1 aliphatic carbocycles. The van der Waals surface area contributed by atoms with Crippen LogP contribution >= 0.6 is 0 Å². The summed E-state index contributed by atoms with van der Waals surface area (Å²) >= 11 is 0. The van der Waals surface area contributed by atoms with Crippen LogP contribution in [0.2, 0.25) is 0 Å². The average Bonchev–Trinajstić information content (AvgIpc) is 2.13. The molecule has 1 saturated heterocycles. The maximum absolute atomic E-state index is 10.3. The second-order valence-corrected chi connectivity index (χ2v) is 5.05. The van der Waals surface area contributed by atoms with E-state index in [1.165, 1.54) is 25.7 Å². The van der Waals surface area contributed by atoms with E-state index in [4.69, 9.17) is 0 Å². The van der Waals surface area contributed by atoms with Crippen molar-refractivity contribution in [2.24, 2.45) is 5.92 Å². The first-order chi connectivity index (χ1) is 6.11. The van der Waals surface area contributed by atoms with Gasteiger partial charge in [-0.05, 0) is 33.2 Å². The smallest absolute Gasteiger partial charge is 0.0674 e. The zero-order valence-electron chi connectivity index (χ0n) is 8.79. The van der Waals surface area contributed by atoms with Crippen molar-refractivity contribution in [3.8, 4) is 0 Å². The predicted octanol–water partition coefficient (Wildman–Crippen LogP) is 1.63. The number of nitrogens with zero attached hydrogens (tertiary/aromatic N) is 1. The van der Waals surface area contributed by atoms with E-state index in [2.05, 4.69) is 11.9 Å². The third-order valence-corrected chi connectivity index (χ3v) is 4.07. The largest absolute Gasteiger partial charge is 0.390 e. The highest BCUT2D eigenvalue weighted by Crippen LogP contribution is 2.40. The van der Waals surface area contributed by atoms with Gasteiger partial charge in [0.2, 0.25) is 0 Å². The summed E-state index contributed by atoms with van der Waals surface area (Å²) in [6, 6.07) is 0.650. The summed E-state index contributed by atoms with van der Waals surface area (Å²) in [5.74, 6) is 0.528. The zero-order valence-corrected chi connectivity index (χ0v) is 8.79. The summed E-state index contributed by atoms with van der Waals surface area (Å²) in [6.07, 6.45) is 6.12. The SMILES string of the molecule is CN1CC[C@](C)(O)[C@H]2CCCC[C@H]21. The molecule has 2 heteroatoms. The van der Waals surface area contributed by atoms with Gasteiger partial charge in [-0.15, -0.1) is 0 Å². The van der Waals surface area contributed by atoms with Crippen molar-refractivity contribution in [2.75, 3.05) is 13.6 Å². The summed E-state index contributed by atoms with van der Waals surface area (Å²) in [7, 11) is 2.21. The Morgan fingerprint density at radius 1 is 1.31 bits per heavy atom. The minimum Gasteiger partial charge on any atom is -0.390 e. The van der Waals surface area contributed by atoms with Crippen LogP contribution in [0.3, 0.4) is 0 Å². The molecular weight excluding hydrogens is 162 g/mol. The Morgan fingerprint density at radius 2 is 2.00 bits per heavy atom. The fourth-order valence-corrected chi connectivity index (χ4v) is 3.12. The van der Waals surface area contributed by atoms with E-state index in [-0.39, 0.29) is 0 Å². The molecule has 1 aliphatic heterocycles. The van der Waals surface area contributed by atoms with Gasteiger partial charge in [0.1, 0.15) is 0 Å². The summed E-state index contributed by atoms with van der Waals surface area (Å²) < 4.78 is 0. The van der Waals surface area contributed by atoms with Gasteiger partial charge < -0.3 is 10.0 Å². The van der Waals surface area contributed by atoms with Crippen molar-refractivity contribution in [1.82, 2.24) is 4.90 Å². The molecule has 0 aromatic heterocycles. The van der Waals surface area contributed by atoms with Crippen molar-refractivity contribution < 1.29 is 5.11 Å². The number of piperidine rings is 1. The van der Waals surface area contributed by atoms with Crippen molar-refractivity contribution in [3.05, 3.63) is 0 Å². The summed E-state index contributed by atoms with van der Waals surface area (Å²) in [5.41, 5.74) is -0.391. The molecule has 2 fully saturated rings. The van der Waals surface area contributed by atoms with Gasteiger partial charge in [-0.25, -0.2) is 0 Å². The van der Waals surface area contributed by atoms with Gasteiger partial charge in [-0.1, -0.05) is 12.8 Å². The van der Waals surface area contributed by atoms with Crippen molar-refractivity contribution in [2.45, 2.75) is 50.7 Å². The van der Waals surface area contributed by atoms with Gasteiger partial charge in [-0.2, -0.15) is 0 Å². The average molecular weight is 183 g/mol. The molecule has 1 saturated carbocycles. The Bertz CT molecular complexity index is 191. The third-order valence-electron chi connectivity index (χ3n) is 4.07. The molecule has 1 N–H and O–H groups in total. The molecule has 2 nitrogen and oxygen atoms in total. The highest BCUT2D eigenvalue weighted by Gasteiger charge is 2.43. The predicted molar refractivity (Wildman–Crippen MR) is 53.6 cm³/mol. The van der Waals surface area contributed by atoms with Gasteiger partial charge in [0.25, 0.3) is 0 Å². The number of hydrogen-bond acceptors (Lipinski definition) is 2. The molecule has 2 aliphatic rings. The van der Waals surface area contributed by atoms with E-state index >= 15 is 0 Å². The Hall–Kier alpha value is -0.0800. The van der Waals surface area contributed by atoms with E-state index in [9.17, 15) is 5.11 Å². The van der Waals surface area contributed by atoms with Crippen molar-refractivity contribution in [1.29, 1.82) is 0 Å². The Balaban J connectivity index is 2.14. The lowest BCUT2D eigenvalue weighted by atomic mass is 9.70. The van der Waals surface area contributed by atoms with Crippen molar-refractivity contribution in [3.63, 3.8) is 0 Å². The minimum absolute atomic E-state index is 0.391. The lowest BCUT2D eigenvalue weighted by Crippen LogP contribution is -2.56. The van der Waals surface area contributed by atoms with Gasteiger partial charge >= 0.3 is 0 Å². The molecular formula is C11H21NO. The number of rotatable bonds is 0. The summed E-state index contributed by atoms with van der Waals surface area (Å²) in [4.78, 5) is 2.45. The maximum Gasteiger partial charge on any atom is 0.0674 e. The van der Waals surface area contributed by atoms with E-state index < -0.39 is 5.60 Å². The van der Waals surface area contributed by atoms with Gasteiger partial charge in [0.15, 0.2) is 0 Å².